The number of thioether (sulfide) groups is 1. The van der Waals surface area contributed by atoms with Crippen molar-refractivity contribution in [1.29, 1.82) is 0 Å². The number of ketones is 1. The van der Waals surface area contributed by atoms with Gasteiger partial charge in [-0.3, -0.25) is 4.79 Å². The number of rotatable bonds is 4. The quantitative estimate of drug-likeness (QED) is 0.373. The Hall–Kier alpha value is -2.41. The molecule has 4 aromatic rings. The molecule has 5 nitrogen and oxygen atoms in total. The molecule has 0 saturated heterocycles. The van der Waals surface area contributed by atoms with E-state index in [-0.39, 0.29) is 11.7 Å². The predicted octanol–water partition coefficient (Wildman–Crippen LogP) is 5.64. The van der Waals surface area contributed by atoms with Crippen LogP contribution in [0.25, 0.3) is 5.78 Å². The molecule has 0 bridgehead atoms. The first-order valence-corrected chi connectivity index (χ1v) is 11.2. The Bertz CT molecular complexity index is 1270. The molecular formula is C22H16Cl2N4OS. The fourth-order valence-corrected chi connectivity index (χ4v) is 4.99. The topological polar surface area (TPSA) is 60.2 Å². The number of nitrogens with zero attached hydrogens (tertiary/aromatic N) is 4. The molecule has 30 heavy (non-hydrogen) atoms. The Morgan fingerprint density at radius 1 is 1.07 bits per heavy atom. The summed E-state index contributed by atoms with van der Waals surface area (Å²) < 4.78 is 1.59. The van der Waals surface area contributed by atoms with Gasteiger partial charge in [0.2, 0.25) is 5.16 Å². The van der Waals surface area contributed by atoms with E-state index in [1.54, 1.807) is 10.7 Å². The molecule has 0 fully saturated rings. The van der Waals surface area contributed by atoms with Crippen LogP contribution in [0.3, 0.4) is 0 Å². The number of benzene rings is 2. The van der Waals surface area contributed by atoms with Gasteiger partial charge in [-0.15, -0.1) is 5.10 Å². The van der Waals surface area contributed by atoms with Crippen molar-refractivity contribution in [3.63, 3.8) is 0 Å². The van der Waals surface area contributed by atoms with Crippen molar-refractivity contribution in [3.05, 3.63) is 87.2 Å². The summed E-state index contributed by atoms with van der Waals surface area (Å²) in [6, 6.07) is 15.4. The lowest BCUT2D eigenvalue weighted by atomic mass is 9.82. The van der Waals surface area contributed by atoms with Gasteiger partial charge in [0.05, 0.1) is 11.3 Å². The van der Waals surface area contributed by atoms with Crippen LogP contribution in [0.15, 0.2) is 59.9 Å². The second-order valence-corrected chi connectivity index (χ2v) is 8.99. The second kappa shape index (κ2) is 8.02. The first-order chi connectivity index (χ1) is 14.6. The molecule has 1 aliphatic carbocycles. The van der Waals surface area contributed by atoms with Crippen molar-refractivity contribution in [3.8, 4) is 0 Å². The minimum Gasteiger partial charge on any atom is -0.294 e. The zero-order chi connectivity index (χ0) is 20.7. The van der Waals surface area contributed by atoms with Crippen molar-refractivity contribution in [2.45, 2.75) is 29.7 Å². The third-order valence-electron chi connectivity index (χ3n) is 5.20. The summed E-state index contributed by atoms with van der Waals surface area (Å²) in [4.78, 5) is 22.0. The SMILES string of the molecule is O=C1CC(c2cccc(Cl)c2)Cc2nc3nc(SCc4ccccc4Cl)nn3cc21. The van der Waals surface area contributed by atoms with Gasteiger partial charge in [-0.25, -0.2) is 9.50 Å². The smallest absolute Gasteiger partial charge is 0.253 e. The van der Waals surface area contributed by atoms with E-state index in [1.165, 1.54) is 11.8 Å². The van der Waals surface area contributed by atoms with Crippen molar-refractivity contribution in [2.24, 2.45) is 0 Å². The van der Waals surface area contributed by atoms with E-state index in [0.29, 0.717) is 40.1 Å². The zero-order valence-electron chi connectivity index (χ0n) is 15.8. The van der Waals surface area contributed by atoms with Crippen molar-refractivity contribution >= 4 is 46.5 Å². The summed E-state index contributed by atoms with van der Waals surface area (Å²) >= 11 is 13.8. The van der Waals surface area contributed by atoms with Crippen LogP contribution in [-0.2, 0) is 12.2 Å². The van der Waals surface area contributed by atoms with Crippen LogP contribution in [0.1, 0.15) is 39.5 Å². The molecule has 0 saturated carbocycles. The van der Waals surface area contributed by atoms with Gasteiger partial charge in [0, 0.05) is 28.4 Å². The standard InChI is InChI=1S/C22H16Cl2N4OS/c23-16-6-3-5-13(8-16)15-9-19-17(20(29)10-15)11-28-21(25-19)26-22(27-28)30-12-14-4-1-2-7-18(14)24/h1-8,11,15H,9-10,12H2. The molecule has 0 N–H and O–H groups in total. The Kier molecular flexibility index (Phi) is 5.23. The van der Waals surface area contributed by atoms with Crippen LogP contribution < -0.4 is 0 Å². The third kappa shape index (κ3) is 3.83. The average molecular weight is 455 g/mol. The number of fused-ring (bicyclic) bond motifs is 2. The van der Waals surface area contributed by atoms with E-state index >= 15 is 0 Å². The number of hydrogen-bond acceptors (Lipinski definition) is 5. The highest BCUT2D eigenvalue weighted by molar-refractivity contribution is 7.98. The van der Waals surface area contributed by atoms with Gasteiger partial charge in [-0.2, -0.15) is 4.98 Å². The highest BCUT2D eigenvalue weighted by Gasteiger charge is 2.28. The maximum absolute atomic E-state index is 12.8. The van der Waals surface area contributed by atoms with Gasteiger partial charge in [0.1, 0.15) is 0 Å². The highest BCUT2D eigenvalue weighted by Crippen LogP contribution is 2.33. The van der Waals surface area contributed by atoms with Crippen LogP contribution in [-0.4, -0.2) is 25.4 Å². The normalized spacial score (nSPS) is 16.1. The number of carbonyl (C=O) groups excluding carboxylic acids is 1. The lowest BCUT2D eigenvalue weighted by molar-refractivity contribution is 0.0962. The fraction of sp³-hybridized carbons (Fsp3) is 0.182. The van der Waals surface area contributed by atoms with Crippen molar-refractivity contribution < 1.29 is 4.79 Å². The van der Waals surface area contributed by atoms with Crippen LogP contribution in [0.5, 0.6) is 0 Å². The molecule has 8 heteroatoms. The molecule has 1 atom stereocenters. The van der Waals surface area contributed by atoms with Gasteiger partial charge in [-0.05, 0) is 41.7 Å². The number of hydrogen-bond donors (Lipinski definition) is 0. The Morgan fingerprint density at radius 3 is 2.77 bits per heavy atom. The van der Waals surface area contributed by atoms with Crippen LogP contribution in [0.4, 0.5) is 0 Å². The van der Waals surface area contributed by atoms with E-state index in [9.17, 15) is 4.79 Å². The lowest BCUT2D eigenvalue weighted by Gasteiger charge is -2.23. The van der Waals surface area contributed by atoms with E-state index in [0.717, 1.165) is 21.8 Å². The molecule has 5 rings (SSSR count). The molecule has 1 unspecified atom stereocenters. The summed E-state index contributed by atoms with van der Waals surface area (Å²) in [7, 11) is 0. The van der Waals surface area contributed by atoms with Crippen LogP contribution in [0.2, 0.25) is 10.0 Å². The summed E-state index contributed by atoms with van der Waals surface area (Å²) in [5, 5.41) is 6.48. The molecule has 0 amide bonds. The summed E-state index contributed by atoms with van der Waals surface area (Å²) in [5.74, 6) is 1.29. The van der Waals surface area contributed by atoms with Crippen molar-refractivity contribution in [1.82, 2.24) is 19.6 Å². The largest absolute Gasteiger partial charge is 0.294 e. The maximum atomic E-state index is 12.8. The fourth-order valence-electron chi connectivity index (χ4n) is 3.68. The Morgan fingerprint density at radius 2 is 1.93 bits per heavy atom. The van der Waals surface area contributed by atoms with E-state index in [1.807, 2.05) is 48.5 Å². The Balaban J connectivity index is 1.42. The van der Waals surface area contributed by atoms with Gasteiger partial charge < -0.3 is 0 Å². The second-order valence-electron chi connectivity index (χ2n) is 7.20. The van der Waals surface area contributed by atoms with Crippen LogP contribution >= 0.6 is 35.0 Å². The van der Waals surface area contributed by atoms with E-state index in [2.05, 4.69) is 15.1 Å². The molecule has 0 radical (unpaired) electrons. The number of halogens is 2. The molecule has 0 aliphatic heterocycles. The van der Waals surface area contributed by atoms with E-state index in [4.69, 9.17) is 23.2 Å². The molecule has 2 aromatic heterocycles. The summed E-state index contributed by atoms with van der Waals surface area (Å²) in [6.45, 7) is 0. The lowest BCUT2D eigenvalue weighted by Crippen LogP contribution is -2.21. The molecule has 2 heterocycles. The predicted molar refractivity (Wildman–Crippen MR) is 119 cm³/mol. The summed E-state index contributed by atoms with van der Waals surface area (Å²) in [5.41, 5.74) is 3.46. The molecule has 0 spiro atoms. The minimum absolute atomic E-state index is 0.0654. The van der Waals surface area contributed by atoms with Gasteiger partial charge >= 0.3 is 0 Å². The molecule has 2 aromatic carbocycles. The first-order valence-electron chi connectivity index (χ1n) is 9.48. The number of aromatic nitrogens is 4. The number of carbonyl (C=O) groups is 1. The monoisotopic (exact) mass is 454 g/mol. The minimum atomic E-state index is 0.0654. The average Bonchev–Trinajstić information content (AvgIpc) is 3.13. The first kappa shape index (κ1) is 19.5. The van der Waals surface area contributed by atoms with Gasteiger partial charge in [0.25, 0.3) is 5.78 Å². The van der Waals surface area contributed by atoms with Crippen molar-refractivity contribution in [2.75, 3.05) is 0 Å². The van der Waals surface area contributed by atoms with Gasteiger partial charge in [-0.1, -0.05) is 65.3 Å². The van der Waals surface area contributed by atoms with Gasteiger partial charge in [0.15, 0.2) is 5.78 Å². The third-order valence-corrected chi connectivity index (χ3v) is 6.69. The Labute approximate surface area is 187 Å². The zero-order valence-corrected chi connectivity index (χ0v) is 18.1. The van der Waals surface area contributed by atoms with Crippen LogP contribution in [0, 0.1) is 0 Å². The number of Topliss-reactive ketones (excluding diaryl/α,β-unsaturated/α-hetero) is 1. The van der Waals surface area contributed by atoms with E-state index < -0.39 is 0 Å². The highest BCUT2D eigenvalue weighted by atomic mass is 35.5. The molecule has 150 valence electrons. The maximum Gasteiger partial charge on any atom is 0.253 e. The molecule has 1 aliphatic rings. The molecular weight excluding hydrogens is 439 g/mol. The summed E-state index contributed by atoms with van der Waals surface area (Å²) in [6.07, 6.45) is 2.86.